The number of piperidine rings is 1. The first-order valence-electron chi connectivity index (χ1n) is 8.12. The van der Waals surface area contributed by atoms with Crippen molar-refractivity contribution >= 4 is 38.1 Å². The molecule has 0 aromatic heterocycles. The van der Waals surface area contributed by atoms with Crippen LogP contribution in [0.25, 0.3) is 0 Å². The molecule has 1 aliphatic rings. The molecular formula is C15H25ClFN3O4S2. The Balaban J connectivity index is 0.00000338. The van der Waals surface area contributed by atoms with E-state index in [4.69, 9.17) is 5.73 Å². The van der Waals surface area contributed by atoms with Crippen molar-refractivity contribution in [3.63, 3.8) is 0 Å². The van der Waals surface area contributed by atoms with E-state index in [1.54, 1.807) is 0 Å². The standard InChI is InChI=1S/C15H24FN3O4S2.ClH/c1-11(2)24(20,21)18-15-7-6-13(9-14(15)16)25(22,23)19-8-4-3-5-12(19)10-17;/h6-7,9,11-12,18H,3-5,8,10,17H2,1-2H3;1H. The average molecular weight is 430 g/mol. The van der Waals surface area contributed by atoms with E-state index in [0.29, 0.717) is 13.0 Å². The highest BCUT2D eigenvalue weighted by Gasteiger charge is 2.33. The molecule has 0 amide bonds. The molecule has 1 saturated heterocycles. The number of benzene rings is 1. The highest BCUT2D eigenvalue weighted by atomic mass is 35.5. The van der Waals surface area contributed by atoms with Gasteiger partial charge >= 0.3 is 0 Å². The fraction of sp³-hybridized carbons (Fsp3) is 0.600. The predicted octanol–water partition coefficient (Wildman–Crippen LogP) is 1.90. The molecule has 1 fully saturated rings. The van der Waals surface area contributed by atoms with Gasteiger partial charge in [0.2, 0.25) is 20.0 Å². The van der Waals surface area contributed by atoms with Crippen LogP contribution in [-0.4, -0.2) is 45.5 Å². The first-order valence-corrected chi connectivity index (χ1v) is 11.1. The molecule has 150 valence electrons. The second kappa shape index (κ2) is 8.83. The number of sulfonamides is 2. The van der Waals surface area contributed by atoms with E-state index in [2.05, 4.69) is 4.72 Å². The molecular weight excluding hydrogens is 405 g/mol. The molecule has 3 N–H and O–H groups in total. The first-order chi connectivity index (χ1) is 11.6. The maximum absolute atomic E-state index is 14.3. The maximum atomic E-state index is 14.3. The van der Waals surface area contributed by atoms with Gasteiger partial charge in [-0.1, -0.05) is 6.42 Å². The first kappa shape index (κ1) is 23.1. The molecule has 7 nitrogen and oxygen atoms in total. The van der Waals surface area contributed by atoms with Gasteiger partial charge in [-0.05, 0) is 44.9 Å². The van der Waals surface area contributed by atoms with Crippen molar-refractivity contribution in [2.75, 3.05) is 17.8 Å². The molecule has 0 spiro atoms. The van der Waals surface area contributed by atoms with Crippen molar-refractivity contribution in [2.45, 2.75) is 49.3 Å². The van der Waals surface area contributed by atoms with Gasteiger partial charge in [-0.15, -0.1) is 12.4 Å². The van der Waals surface area contributed by atoms with Crippen LogP contribution in [-0.2, 0) is 20.0 Å². The summed E-state index contributed by atoms with van der Waals surface area (Å²) in [5.41, 5.74) is 5.39. The summed E-state index contributed by atoms with van der Waals surface area (Å²) in [6, 6.07) is 2.87. The third kappa shape index (κ3) is 4.86. The Kier molecular flexibility index (Phi) is 7.85. The normalized spacial score (nSPS) is 19.2. The van der Waals surface area contributed by atoms with Gasteiger partial charge < -0.3 is 5.73 Å². The fourth-order valence-corrected chi connectivity index (χ4v) is 5.10. The van der Waals surface area contributed by atoms with Crippen LogP contribution in [0.5, 0.6) is 0 Å². The van der Waals surface area contributed by atoms with Gasteiger partial charge in [0.05, 0.1) is 15.8 Å². The van der Waals surface area contributed by atoms with E-state index in [1.807, 2.05) is 0 Å². The van der Waals surface area contributed by atoms with Crippen LogP contribution in [0.2, 0.25) is 0 Å². The lowest BCUT2D eigenvalue weighted by atomic mass is 10.1. The number of hydrogen-bond donors (Lipinski definition) is 2. The number of nitrogens with one attached hydrogen (secondary N) is 1. The van der Waals surface area contributed by atoms with Crippen LogP contribution in [0.15, 0.2) is 23.1 Å². The number of hydrogen-bond acceptors (Lipinski definition) is 5. The van der Waals surface area contributed by atoms with Gasteiger partial charge in [0.1, 0.15) is 5.82 Å². The van der Waals surface area contributed by atoms with E-state index in [1.165, 1.54) is 24.2 Å². The highest BCUT2D eigenvalue weighted by molar-refractivity contribution is 7.93. The largest absolute Gasteiger partial charge is 0.329 e. The van der Waals surface area contributed by atoms with Crippen LogP contribution in [0.1, 0.15) is 33.1 Å². The zero-order valence-corrected chi connectivity index (χ0v) is 17.1. The van der Waals surface area contributed by atoms with E-state index >= 15 is 0 Å². The number of anilines is 1. The summed E-state index contributed by atoms with van der Waals surface area (Å²) in [4.78, 5) is -0.210. The summed E-state index contributed by atoms with van der Waals surface area (Å²) in [5, 5.41) is -0.742. The third-order valence-electron chi connectivity index (χ3n) is 4.27. The van der Waals surface area contributed by atoms with E-state index < -0.39 is 31.1 Å². The van der Waals surface area contributed by atoms with Crippen LogP contribution in [0.3, 0.4) is 0 Å². The Hall–Kier alpha value is -0.940. The van der Waals surface area contributed by atoms with Crippen molar-refractivity contribution in [1.82, 2.24) is 4.31 Å². The Morgan fingerprint density at radius 2 is 1.92 bits per heavy atom. The van der Waals surface area contributed by atoms with Crippen molar-refractivity contribution in [2.24, 2.45) is 5.73 Å². The molecule has 1 aliphatic heterocycles. The molecule has 1 atom stereocenters. The minimum atomic E-state index is -3.89. The summed E-state index contributed by atoms with van der Waals surface area (Å²) in [6.07, 6.45) is 2.30. The predicted molar refractivity (Wildman–Crippen MR) is 102 cm³/mol. The van der Waals surface area contributed by atoms with Crippen molar-refractivity contribution in [1.29, 1.82) is 0 Å². The zero-order valence-electron chi connectivity index (χ0n) is 14.7. The summed E-state index contributed by atoms with van der Waals surface area (Å²) in [7, 11) is -7.61. The molecule has 11 heteroatoms. The number of halogens is 2. The fourth-order valence-electron chi connectivity index (χ4n) is 2.67. The Bertz CT molecular complexity index is 831. The van der Waals surface area contributed by atoms with Crippen LogP contribution < -0.4 is 10.5 Å². The van der Waals surface area contributed by atoms with Gasteiger partial charge in [0, 0.05) is 19.1 Å². The highest BCUT2D eigenvalue weighted by Crippen LogP contribution is 2.27. The van der Waals surface area contributed by atoms with Crippen molar-refractivity contribution in [3.05, 3.63) is 24.0 Å². The van der Waals surface area contributed by atoms with Gasteiger partial charge in [0.25, 0.3) is 0 Å². The molecule has 1 aromatic rings. The van der Waals surface area contributed by atoms with Crippen LogP contribution >= 0.6 is 12.4 Å². The molecule has 1 unspecified atom stereocenters. The second-order valence-electron chi connectivity index (χ2n) is 6.34. The molecule has 2 rings (SSSR count). The number of rotatable bonds is 6. The molecule has 1 aromatic carbocycles. The quantitative estimate of drug-likeness (QED) is 0.717. The topological polar surface area (TPSA) is 110 Å². The van der Waals surface area contributed by atoms with E-state index in [-0.39, 0.29) is 35.6 Å². The summed E-state index contributed by atoms with van der Waals surface area (Å²) in [6.45, 7) is 3.46. The summed E-state index contributed by atoms with van der Waals surface area (Å²) < 4.78 is 67.0. The maximum Gasteiger partial charge on any atom is 0.243 e. The number of nitrogens with two attached hydrogens (primary N) is 1. The third-order valence-corrected chi connectivity index (χ3v) is 7.96. The second-order valence-corrected chi connectivity index (χ2v) is 10.5. The van der Waals surface area contributed by atoms with Gasteiger partial charge in [-0.3, -0.25) is 4.72 Å². The molecule has 0 bridgehead atoms. The molecule has 1 heterocycles. The summed E-state index contributed by atoms with van der Waals surface area (Å²) >= 11 is 0. The lowest BCUT2D eigenvalue weighted by Gasteiger charge is -2.33. The van der Waals surface area contributed by atoms with E-state index in [0.717, 1.165) is 25.0 Å². The van der Waals surface area contributed by atoms with Crippen molar-refractivity contribution < 1.29 is 21.2 Å². The van der Waals surface area contributed by atoms with Crippen LogP contribution in [0, 0.1) is 5.82 Å². The minimum Gasteiger partial charge on any atom is -0.329 e. The van der Waals surface area contributed by atoms with E-state index in [9.17, 15) is 21.2 Å². The smallest absolute Gasteiger partial charge is 0.243 e. The SMILES string of the molecule is CC(C)S(=O)(=O)Nc1ccc(S(=O)(=O)N2CCCCC2CN)cc1F.Cl. The monoisotopic (exact) mass is 429 g/mol. The molecule has 0 radical (unpaired) electrons. The lowest BCUT2D eigenvalue weighted by molar-refractivity contribution is 0.257. The average Bonchev–Trinajstić information content (AvgIpc) is 2.56. The van der Waals surface area contributed by atoms with Gasteiger partial charge in [0.15, 0.2) is 0 Å². The Labute approximate surface area is 160 Å². The van der Waals surface area contributed by atoms with Crippen molar-refractivity contribution in [3.8, 4) is 0 Å². The minimum absolute atomic E-state index is 0. The zero-order chi connectivity index (χ0) is 18.8. The molecule has 0 saturated carbocycles. The van der Waals surface area contributed by atoms with Gasteiger partial charge in [-0.25, -0.2) is 21.2 Å². The molecule has 26 heavy (non-hydrogen) atoms. The summed E-state index contributed by atoms with van der Waals surface area (Å²) in [5.74, 6) is -0.938. The molecule has 0 aliphatic carbocycles. The number of nitrogens with zero attached hydrogens (tertiary/aromatic N) is 1. The lowest BCUT2D eigenvalue weighted by Crippen LogP contribution is -2.47. The van der Waals surface area contributed by atoms with Gasteiger partial charge in [-0.2, -0.15) is 4.31 Å². The Morgan fingerprint density at radius 1 is 1.27 bits per heavy atom. The van der Waals surface area contributed by atoms with Crippen LogP contribution in [0.4, 0.5) is 10.1 Å². The Morgan fingerprint density at radius 3 is 2.46 bits per heavy atom.